The summed E-state index contributed by atoms with van der Waals surface area (Å²) in [5.41, 5.74) is 3.44. The summed E-state index contributed by atoms with van der Waals surface area (Å²) in [5, 5.41) is 15.7. The highest BCUT2D eigenvalue weighted by Gasteiger charge is 2.17. The fourth-order valence-corrected chi connectivity index (χ4v) is 2.38. The Morgan fingerprint density at radius 1 is 1.21 bits per heavy atom. The van der Waals surface area contributed by atoms with Crippen LogP contribution in [-0.2, 0) is 7.05 Å². The number of pyridine rings is 1. The summed E-state index contributed by atoms with van der Waals surface area (Å²) in [6.07, 6.45) is 0.994. The zero-order valence-electron chi connectivity index (χ0n) is 10.9. The van der Waals surface area contributed by atoms with Crippen LogP contribution in [0.1, 0.15) is 23.1 Å². The average molecular weight is 253 g/mol. The van der Waals surface area contributed by atoms with Crippen molar-refractivity contribution in [3.8, 4) is 0 Å². The number of para-hydroxylation sites is 1. The lowest BCUT2D eigenvalue weighted by atomic mass is 10.0. The van der Waals surface area contributed by atoms with Crippen molar-refractivity contribution in [2.45, 2.75) is 13.0 Å². The van der Waals surface area contributed by atoms with Gasteiger partial charge in [-0.2, -0.15) is 5.10 Å². The molecule has 1 atom stereocenters. The van der Waals surface area contributed by atoms with E-state index in [0.29, 0.717) is 0 Å². The van der Waals surface area contributed by atoms with Gasteiger partial charge in [-0.25, -0.2) is 0 Å². The van der Waals surface area contributed by atoms with E-state index in [9.17, 15) is 5.11 Å². The first-order chi connectivity index (χ1) is 9.16. The van der Waals surface area contributed by atoms with E-state index in [1.54, 1.807) is 10.9 Å². The van der Waals surface area contributed by atoms with Gasteiger partial charge in [0.2, 0.25) is 0 Å². The van der Waals surface area contributed by atoms with Crippen LogP contribution in [0.25, 0.3) is 10.9 Å². The molecular formula is C15H15N3O. The van der Waals surface area contributed by atoms with Crippen molar-refractivity contribution < 1.29 is 5.11 Å². The maximum Gasteiger partial charge on any atom is 0.121 e. The number of hydrogen-bond donors (Lipinski definition) is 1. The Bertz CT molecular complexity index is 733. The van der Waals surface area contributed by atoms with E-state index >= 15 is 0 Å². The summed E-state index contributed by atoms with van der Waals surface area (Å²) in [7, 11) is 1.83. The molecule has 0 saturated carbocycles. The van der Waals surface area contributed by atoms with Gasteiger partial charge >= 0.3 is 0 Å². The monoisotopic (exact) mass is 253 g/mol. The summed E-state index contributed by atoms with van der Waals surface area (Å²) in [6.45, 7) is 1.94. The number of nitrogens with zero attached hydrogens (tertiary/aromatic N) is 3. The SMILES string of the molecule is Cc1cc(C(O)c2ccnn2C)c2ccccc2n1. The van der Waals surface area contributed by atoms with Crippen molar-refractivity contribution in [3.05, 3.63) is 59.5 Å². The van der Waals surface area contributed by atoms with Crippen LogP contribution in [0.5, 0.6) is 0 Å². The molecule has 0 radical (unpaired) electrons. The third kappa shape index (κ3) is 2.00. The van der Waals surface area contributed by atoms with Crippen LogP contribution in [0.15, 0.2) is 42.6 Å². The fourth-order valence-electron chi connectivity index (χ4n) is 2.38. The minimum absolute atomic E-state index is 0.695. The van der Waals surface area contributed by atoms with Gasteiger partial charge in [0.15, 0.2) is 0 Å². The zero-order chi connectivity index (χ0) is 13.4. The standard InChI is InChI=1S/C15H15N3O/c1-10-9-12(11-5-3-4-6-13(11)17-10)15(19)14-7-8-16-18(14)2/h3-9,15,19H,1-2H3. The quantitative estimate of drug-likeness (QED) is 0.762. The molecule has 0 aliphatic rings. The predicted octanol–water partition coefficient (Wildman–Crippen LogP) is 2.36. The Balaban J connectivity index is 2.22. The van der Waals surface area contributed by atoms with E-state index in [1.165, 1.54) is 0 Å². The zero-order valence-corrected chi connectivity index (χ0v) is 10.9. The third-order valence-corrected chi connectivity index (χ3v) is 3.31. The van der Waals surface area contributed by atoms with Crippen LogP contribution in [0, 0.1) is 6.92 Å². The minimum Gasteiger partial charge on any atom is -0.382 e. The van der Waals surface area contributed by atoms with Crippen LogP contribution in [0.2, 0.25) is 0 Å². The highest BCUT2D eigenvalue weighted by atomic mass is 16.3. The molecule has 0 saturated heterocycles. The second-order valence-corrected chi connectivity index (χ2v) is 4.65. The van der Waals surface area contributed by atoms with Crippen LogP contribution in [-0.4, -0.2) is 19.9 Å². The molecule has 0 bridgehead atoms. The molecular weight excluding hydrogens is 238 g/mol. The average Bonchev–Trinajstić information content (AvgIpc) is 2.83. The maximum atomic E-state index is 10.6. The normalized spacial score (nSPS) is 12.8. The molecule has 0 aliphatic carbocycles. The van der Waals surface area contributed by atoms with E-state index < -0.39 is 6.10 Å². The highest BCUT2D eigenvalue weighted by molar-refractivity contribution is 5.83. The number of fused-ring (bicyclic) bond motifs is 1. The van der Waals surface area contributed by atoms with Crippen LogP contribution >= 0.6 is 0 Å². The number of aryl methyl sites for hydroxylation is 2. The second kappa shape index (κ2) is 4.48. The summed E-state index contributed by atoms with van der Waals surface area (Å²) in [5.74, 6) is 0. The van der Waals surface area contributed by atoms with Crippen LogP contribution < -0.4 is 0 Å². The number of hydrogen-bond acceptors (Lipinski definition) is 3. The van der Waals surface area contributed by atoms with Crippen molar-refractivity contribution in [1.82, 2.24) is 14.8 Å². The van der Waals surface area contributed by atoms with Gasteiger partial charge in [-0.1, -0.05) is 18.2 Å². The molecule has 0 aliphatic heterocycles. The first-order valence-electron chi connectivity index (χ1n) is 6.19. The lowest BCUT2D eigenvalue weighted by Gasteiger charge is -2.14. The predicted molar refractivity (Wildman–Crippen MR) is 73.7 cm³/mol. The van der Waals surface area contributed by atoms with E-state index in [2.05, 4.69) is 10.1 Å². The van der Waals surface area contributed by atoms with Gasteiger partial charge in [0.1, 0.15) is 6.10 Å². The number of rotatable bonds is 2. The molecule has 0 amide bonds. The number of aliphatic hydroxyl groups is 1. The molecule has 0 fully saturated rings. The fraction of sp³-hybridized carbons (Fsp3) is 0.200. The van der Waals surface area contributed by atoms with Crippen molar-refractivity contribution in [2.75, 3.05) is 0 Å². The Morgan fingerprint density at radius 3 is 2.74 bits per heavy atom. The molecule has 2 heterocycles. The van der Waals surface area contributed by atoms with E-state index in [-0.39, 0.29) is 0 Å². The first-order valence-corrected chi connectivity index (χ1v) is 6.19. The lowest BCUT2D eigenvalue weighted by molar-refractivity contribution is 0.211. The first kappa shape index (κ1) is 11.9. The van der Waals surface area contributed by atoms with Crippen molar-refractivity contribution in [1.29, 1.82) is 0 Å². The Morgan fingerprint density at radius 2 is 2.00 bits per heavy atom. The number of benzene rings is 1. The Kier molecular flexibility index (Phi) is 2.80. The summed E-state index contributed by atoms with van der Waals surface area (Å²) >= 11 is 0. The Hall–Kier alpha value is -2.20. The molecule has 1 unspecified atom stereocenters. The van der Waals surface area contributed by atoms with Crippen LogP contribution in [0.4, 0.5) is 0 Å². The Labute approximate surface area is 111 Å². The van der Waals surface area contributed by atoms with Crippen molar-refractivity contribution in [2.24, 2.45) is 7.05 Å². The largest absolute Gasteiger partial charge is 0.382 e. The molecule has 19 heavy (non-hydrogen) atoms. The summed E-state index contributed by atoms with van der Waals surface area (Å²) in [6, 6.07) is 11.6. The van der Waals surface area contributed by atoms with E-state index in [0.717, 1.165) is 27.9 Å². The lowest BCUT2D eigenvalue weighted by Crippen LogP contribution is -2.08. The topological polar surface area (TPSA) is 50.9 Å². The highest BCUT2D eigenvalue weighted by Crippen LogP contribution is 2.28. The summed E-state index contributed by atoms with van der Waals surface area (Å²) in [4.78, 5) is 4.49. The molecule has 96 valence electrons. The number of aliphatic hydroxyl groups excluding tert-OH is 1. The van der Waals surface area contributed by atoms with Crippen molar-refractivity contribution in [3.63, 3.8) is 0 Å². The molecule has 4 nitrogen and oxygen atoms in total. The van der Waals surface area contributed by atoms with Gasteiger partial charge in [-0.3, -0.25) is 9.67 Å². The van der Waals surface area contributed by atoms with Gasteiger partial charge < -0.3 is 5.11 Å². The summed E-state index contributed by atoms with van der Waals surface area (Å²) < 4.78 is 1.69. The van der Waals surface area contributed by atoms with Gasteiger partial charge in [0.25, 0.3) is 0 Å². The molecule has 2 aromatic heterocycles. The van der Waals surface area contributed by atoms with Crippen LogP contribution in [0.3, 0.4) is 0 Å². The molecule has 4 heteroatoms. The number of aromatic nitrogens is 3. The van der Waals surface area contributed by atoms with E-state index in [4.69, 9.17) is 0 Å². The molecule has 1 N–H and O–H groups in total. The molecule has 1 aromatic carbocycles. The van der Waals surface area contributed by atoms with E-state index in [1.807, 2.05) is 50.4 Å². The molecule has 3 rings (SSSR count). The van der Waals surface area contributed by atoms with Gasteiger partial charge in [-0.05, 0) is 30.7 Å². The van der Waals surface area contributed by atoms with Crippen molar-refractivity contribution >= 4 is 10.9 Å². The smallest absolute Gasteiger partial charge is 0.121 e. The maximum absolute atomic E-state index is 10.6. The molecule has 3 aromatic rings. The minimum atomic E-state index is -0.695. The van der Waals surface area contributed by atoms with Gasteiger partial charge in [0.05, 0.1) is 11.2 Å². The van der Waals surface area contributed by atoms with Gasteiger partial charge in [-0.15, -0.1) is 0 Å². The second-order valence-electron chi connectivity index (χ2n) is 4.65. The van der Waals surface area contributed by atoms with Gasteiger partial charge in [0, 0.05) is 24.3 Å². The third-order valence-electron chi connectivity index (χ3n) is 3.31. The molecule has 0 spiro atoms.